The van der Waals surface area contributed by atoms with E-state index in [4.69, 9.17) is 4.74 Å². The molecule has 0 saturated carbocycles. The monoisotopic (exact) mass is 455 g/mol. The zero-order valence-corrected chi connectivity index (χ0v) is 18.6. The van der Waals surface area contributed by atoms with Crippen molar-refractivity contribution < 1.29 is 13.9 Å². The first-order valence-electron chi connectivity index (χ1n) is 10.6. The van der Waals surface area contributed by atoms with Crippen LogP contribution >= 0.6 is 11.8 Å². The molecular weight excluding hydrogens is 429 g/mol. The summed E-state index contributed by atoms with van der Waals surface area (Å²) in [5.41, 5.74) is 1.85. The van der Waals surface area contributed by atoms with Gasteiger partial charge in [0.05, 0.1) is 19.0 Å². The summed E-state index contributed by atoms with van der Waals surface area (Å²) >= 11 is 1.36. The third-order valence-electron chi connectivity index (χ3n) is 5.23. The molecule has 0 spiro atoms. The average Bonchev–Trinajstić information content (AvgIpc) is 3.24. The van der Waals surface area contributed by atoms with Crippen molar-refractivity contribution in [3.8, 4) is 11.4 Å². The number of amides is 1. The maximum absolute atomic E-state index is 13.4. The van der Waals surface area contributed by atoms with Gasteiger partial charge in [-0.05, 0) is 29.8 Å². The minimum absolute atomic E-state index is 0.0649. The summed E-state index contributed by atoms with van der Waals surface area (Å²) in [5.74, 6) is 0.555. The van der Waals surface area contributed by atoms with Crippen LogP contribution in [0.5, 0.6) is 0 Å². The topological polar surface area (TPSA) is 72.3 Å². The van der Waals surface area contributed by atoms with Gasteiger partial charge < -0.3 is 14.6 Å². The van der Waals surface area contributed by atoms with Crippen LogP contribution in [0.25, 0.3) is 11.4 Å². The smallest absolute Gasteiger partial charge is 0.230 e. The predicted octanol–water partition coefficient (Wildman–Crippen LogP) is 2.82. The fourth-order valence-electron chi connectivity index (χ4n) is 3.45. The Morgan fingerprint density at radius 1 is 1.03 bits per heavy atom. The van der Waals surface area contributed by atoms with Gasteiger partial charge in [-0.2, -0.15) is 0 Å². The highest BCUT2D eigenvalue weighted by Crippen LogP contribution is 2.24. The van der Waals surface area contributed by atoms with E-state index in [0.29, 0.717) is 24.1 Å². The molecule has 1 saturated heterocycles. The molecule has 1 aliphatic rings. The van der Waals surface area contributed by atoms with Crippen LogP contribution in [0.1, 0.15) is 5.56 Å². The molecule has 3 aromatic rings. The van der Waals surface area contributed by atoms with E-state index in [2.05, 4.69) is 20.4 Å². The molecule has 1 N–H and O–H groups in total. The SMILES string of the molecule is O=C(CSc1nnc(-c2ccc(F)cc2)n1CCN1CCOCC1)NCc1ccccc1. The van der Waals surface area contributed by atoms with Crippen molar-refractivity contribution in [3.05, 3.63) is 66.0 Å². The summed E-state index contributed by atoms with van der Waals surface area (Å²) in [6.07, 6.45) is 0. The zero-order chi connectivity index (χ0) is 22.2. The molecule has 9 heteroatoms. The standard InChI is InChI=1S/C23H26FN5O2S/c24-20-8-6-19(7-9-20)22-26-27-23(29(22)11-10-28-12-14-31-15-13-28)32-17-21(30)25-16-18-4-2-1-3-5-18/h1-9H,10-17H2,(H,25,30). The van der Waals surface area contributed by atoms with Gasteiger partial charge in [-0.25, -0.2) is 4.39 Å². The number of carbonyl (C=O) groups is 1. The van der Waals surface area contributed by atoms with Crippen LogP contribution in [0.2, 0.25) is 0 Å². The van der Waals surface area contributed by atoms with E-state index in [0.717, 1.165) is 44.0 Å². The molecule has 0 unspecified atom stereocenters. The van der Waals surface area contributed by atoms with Gasteiger partial charge in [-0.3, -0.25) is 9.69 Å². The van der Waals surface area contributed by atoms with E-state index in [-0.39, 0.29) is 17.5 Å². The molecular formula is C23H26FN5O2S. The Labute approximate surface area is 191 Å². The molecule has 2 aromatic carbocycles. The number of halogens is 1. The summed E-state index contributed by atoms with van der Waals surface area (Å²) in [4.78, 5) is 14.7. The molecule has 1 aliphatic heterocycles. The van der Waals surface area contributed by atoms with Gasteiger partial charge in [0, 0.05) is 38.3 Å². The highest BCUT2D eigenvalue weighted by atomic mass is 32.2. The third-order valence-corrected chi connectivity index (χ3v) is 6.19. The second-order valence-corrected chi connectivity index (χ2v) is 8.41. The van der Waals surface area contributed by atoms with Crippen LogP contribution in [0, 0.1) is 5.82 Å². The molecule has 32 heavy (non-hydrogen) atoms. The fraction of sp³-hybridized carbons (Fsp3) is 0.348. The largest absolute Gasteiger partial charge is 0.379 e. The lowest BCUT2D eigenvalue weighted by atomic mass is 10.2. The average molecular weight is 456 g/mol. The van der Waals surface area contributed by atoms with Gasteiger partial charge in [0.2, 0.25) is 5.91 Å². The summed E-state index contributed by atoms with van der Waals surface area (Å²) < 4.78 is 20.8. The second kappa shape index (κ2) is 11.2. The number of morpholine rings is 1. The van der Waals surface area contributed by atoms with Gasteiger partial charge in [0.25, 0.3) is 0 Å². The molecule has 0 atom stereocenters. The lowest BCUT2D eigenvalue weighted by Gasteiger charge is -2.27. The van der Waals surface area contributed by atoms with Crippen molar-refractivity contribution in [1.29, 1.82) is 0 Å². The van der Waals surface area contributed by atoms with E-state index in [1.165, 1.54) is 23.9 Å². The summed E-state index contributed by atoms with van der Waals surface area (Å²) in [6, 6.07) is 16.0. The van der Waals surface area contributed by atoms with Crippen LogP contribution in [0.3, 0.4) is 0 Å². The third kappa shape index (κ3) is 6.15. The number of nitrogens with one attached hydrogen (secondary N) is 1. The summed E-state index contributed by atoms with van der Waals surface area (Å²) in [5, 5.41) is 12.3. The Kier molecular flexibility index (Phi) is 7.87. The summed E-state index contributed by atoms with van der Waals surface area (Å²) in [7, 11) is 0. The predicted molar refractivity (Wildman–Crippen MR) is 122 cm³/mol. The molecule has 1 aromatic heterocycles. The Morgan fingerprint density at radius 2 is 1.78 bits per heavy atom. The van der Waals surface area contributed by atoms with Crippen molar-refractivity contribution in [2.45, 2.75) is 18.2 Å². The molecule has 4 rings (SSSR count). The number of hydrogen-bond acceptors (Lipinski definition) is 6. The van der Waals surface area contributed by atoms with E-state index in [1.54, 1.807) is 12.1 Å². The number of hydrogen-bond donors (Lipinski definition) is 1. The Hall–Kier alpha value is -2.75. The number of nitrogens with zero attached hydrogens (tertiary/aromatic N) is 4. The van der Waals surface area contributed by atoms with Gasteiger partial charge in [-0.15, -0.1) is 10.2 Å². The van der Waals surface area contributed by atoms with Crippen LogP contribution in [0.15, 0.2) is 59.8 Å². The number of aromatic nitrogens is 3. The lowest BCUT2D eigenvalue weighted by Crippen LogP contribution is -2.38. The normalized spacial score (nSPS) is 14.4. The van der Waals surface area contributed by atoms with E-state index in [1.807, 2.05) is 34.9 Å². The van der Waals surface area contributed by atoms with E-state index >= 15 is 0 Å². The van der Waals surface area contributed by atoms with Crippen molar-refractivity contribution in [3.63, 3.8) is 0 Å². The molecule has 0 bridgehead atoms. The van der Waals surface area contributed by atoms with E-state index in [9.17, 15) is 9.18 Å². The van der Waals surface area contributed by atoms with Crippen molar-refractivity contribution in [1.82, 2.24) is 25.0 Å². The Balaban J connectivity index is 1.42. The first-order valence-corrected chi connectivity index (χ1v) is 11.6. The van der Waals surface area contributed by atoms with Crippen LogP contribution in [-0.4, -0.2) is 64.2 Å². The van der Waals surface area contributed by atoms with Crippen molar-refractivity contribution in [2.75, 3.05) is 38.6 Å². The molecule has 0 aliphatic carbocycles. The van der Waals surface area contributed by atoms with Crippen molar-refractivity contribution in [2.24, 2.45) is 0 Å². The summed E-state index contributed by atoms with van der Waals surface area (Å²) in [6.45, 7) is 5.23. The van der Waals surface area contributed by atoms with Gasteiger partial charge in [0.1, 0.15) is 5.82 Å². The van der Waals surface area contributed by atoms with Gasteiger partial charge in [-0.1, -0.05) is 42.1 Å². The first-order chi connectivity index (χ1) is 15.7. The number of benzene rings is 2. The maximum atomic E-state index is 13.4. The molecule has 0 radical (unpaired) electrons. The van der Waals surface area contributed by atoms with Crippen LogP contribution in [-0.2, 0) is 22.6 Å². The minimum atomic E-state index is -0.294. The maximum Gasteiger partial charge on any atom is 0.230 e. The highest BCUT2D eigenvalue weighted by Gasteiger charge is 2.18. The van der Waals surface area contributed by atoms with Gasteiger partial charge in [0.15, 0.2) is 11.0 Å². The van der Waals surface area contributed by atoms with Crippen LogP contribution in [0.4, 0.5) is 4.39 Å². The molecule has 7 nitrogen and oxygen atoms in total. The molecule has 1 amide bonds. The molecule has 168 valence electrons. The van der Waals surface area contributed by atoms with Crippen molar-refractivity contribution >= 4 is 17.7 Å². The quantitative estimate of drug-likeness (QED) is 0.501. The fourth-order valence-corrected chi connectivity index (χ4v) is 4.25. The number of carbonyl (C=O) groups excluding carboxylic acids is 1. The molecule has 1 fully saturated rings. The second-order valence-electron chi connectivity index (χ2n) is 7.47. The Morgan fingerprint density at radius 3 is 2.53 bits per heavy atom. The molecule has 2 heterocycles. The first kappa shape index (κ1) is 22.4. The van der Waals surface area contributed by atoms with Gasteiger partial charge >= 0.3 is 0 Å². The minimum Gasteiger partial charge on any atom is -0.379 e. The number of rotatable bonds is 9. The zero-order valence-electron chi connectivity index (χ0n) is 17.7. The Bertz CT molecular complexity index is 1010. The number of ether oxygens (including phenoxy) is 1. The van der Waals surface area contributed by atoms with Crippen LogP contribution < -0.4 is 5.32 Å². The number of thioether (sulfide) groups is 1. The lowest BCUT2D eigenvalue weighted by molar-refractivity contribution is -0.118. The highest BCUT2D eigenvalue weighted by molar-refractivity contribution is 7.99. The van der Waals surface area contributed by atoms with E-state index < -0.39 is 0 Å².